The molecule has 0 radical (unpaired) electrons. The normalized spacial score (nSPS) is 10.9. The van der Waals surface area contributed by atoms with Crippen molar-refractivity contribution in [3.63, 3.8) is 0 Å². The highest BCUT2D eigenvalue weighted by molar-refractivity contribution is 6.83. The molecule has 0 saturated heterocycles. The van der Waals surface area contributed by atoms with Crippen LogP contribution in [-0.2, 0) is 11.2 Å². The molecule has 0 aliphatic heterocycles. The van der Waals surface area contributed by atoms with Crippen molar-refractivity contribution in [2.45, 2.75) is 39.4 Å². The van der Waals surface area contributed by atoms with Crippen molar-refractivity contribution in [1.29, 1.82) is 0 Å². The number of carbonyl (C=O) groups is 1. The van der Waals surface area contributed by atoms with Gasteiger partial charge in [0, 0.05) is 35.5 Å². The van der Waals surface area contributed by atoms with Crippen LogP contribution < -0.4 is 5.32 Å². The Morgan fingerprint density at radius 2 is 1.79 bits per heavy atom. The van der Waals surface area contributed by atoms with Crippen LogP contribution in [0.2, 0.25) is 19.6 Å². The highest BCUT2D eigenvalue weighted by Crippen LogP contribution is 2.25. The van der Waals surface area contributed by atoms with Crippen molar-refractivity contribution in [3.8, 4) is 22.7 Å². The molecule has 0 fully saturated rings. The molecule has 3 aromatic rings. The first-order valence-corrected chi connectivity index (χ1v) is 13.2. The Morgan fingerprint density at radius 1 is 1.10 bits per heavy atom. The highest BCUT2D eigenvalue weighted by atomic mass is 28.3. The molecule has 2 heterocycles. The van der Waals surface area contributed by atoms with Crippen molar-refractivity contribution in [2.75, 3.05) is 5.32 Å². The fourth-order valence-electron chi connectivity index (χ4n) is 2.79. The number of aromatic amines is 1. The summed E-state index contributed by atoms with van der Waals surface area (Å²) in [6.07, 6.45) is 4.54. The second kappa shape index (κ2) is 8.89. The van der Waals surface area contributed by atoms with Crippen molar-refractivity contribution >= 4 is 19.8 Å². The summed E-state index contributed by atoms with van der Waals surface area (Å²) >= 11 is 0. The largest absolute Gasteiger partial charge is 0.309 e. The van der Waals surface area contributed by atoms with Crippen molar-refractivity contribution < 1.29 is 4.79 Å². The number of carbonyl (C=O) groups excluding carboxylic acids is 1. The van der Waals surface area contributed by atoms with Gasteiger partial charge in [0.2, 0.25) is 5.91 Å². The van der Waals surface area contributed by atoms with E-state index in [1.807, 2.05) is 43.3 Å². The van der Waals surface area contributed by atoms with E-state index in [1.165, 1.54) is 0 Å². The van der Waals surface area contributed by atoms with Crippen molar-refractivity contribution in [2.24, 2.45) is 0 Å². The summed E-state index contributed by atoms with van der Waals surface area (Å²) in [6, 6.07) is 12.0. The Kier molecular flexibility index (Phi) is 6.30. The lowest BCUT2D eigenvalue weighted by Gasteiger charge is -2.05. The molecule has 0 spiro atoms. The Bertz CT molecular complexity index is 1040. The number of hydrogen-bond donors (Lipinski definition) is 2. The van der Waals surface area contributed by atoms with Gasteiger partial charge in [-0.3, -0.25) is 14.9 Å². The summed E-state index contributed by atoms with van der Waals surface area (Å²) in [5.41, 5.74) is 8.30. The third kappa shape index (κ3) is 5.90. The molecular formula is C23H26N4OSi. The third-order valence-corrected chi connectivity index (χ3v) is 5.29. The van der Waals surface area contributed by atoms with Crippen LogP contribution in [0.4, 0.5) is 5.82 Å². The minimum Gasteiger partial charge on any atom is -0.309 e. The molecule has 1 amide bonds. The van der Waals surface area contributed by atoms with Gasteiger partial charge in [-0.05, 0) is 43.2 Å². The Balaban J connectivity index is 1.57. The third-order valence-electron chi connectivity index (χ3n) is 4.41. The molecule has 0 aliphatic rings. The maximum absolute atomic E-state index is 12.4. The maximum atomic E-state index is 12.4. The van der Waals surface area contributed by atoms with Crippen LogP contribution in [0.15, 0.2) is 48.8 Å². The monoisotopic (exact) mass is 402 g/mol. The average molecular weight is 403 g/mol. The van der Waals surface area contributed by atoms with E-state index in [2.05, 4.69) is 51.6 Å². The van der Waals surface area contributed by atoms with E-state index >= 15 is 0 Å². The number of amides is 1. The zero-order valence-corrected chi connectivity index (χ0v) is 18.3. The summed E-state index contributed by atoms with van der Waals surface area (Å²) in [5.74, 6) is 3.76. The van der Waals surface area contributed by atoms with E-state index in [-0.39, 0.29) is 5.91 Å². The van der Waals surface area contributed by atoms with Gasteiger partial charge in [0.05, 0.1) is 5.69 Å². The van der Waals surface area contributed by atoms with Gasteiger partial charge < -0.3 is 5.32 Å². The molecular weight excluding hydrogens is 376 g/mol. The van der Waals surface area contributed by atoms with E-state index in [0.29, 0.717) is 18.7 Å². The van der Waals surface area contributed by atoms with Gasteiger partial charge in [-0.25, -0.2) is 0 Å². The summed E-state index contributed by atoms with van der Waals surface area (Å²) in [4.78, 5) is 16.4. The van der Waals surface area contributed by atoms with Crippen LogP contribution in [-0.4, -0.2) is 29.2 Å². The minimum atomic E-state index is -1.37. The van der Waals surface area contributed by atoms with E-state index in [9.17, 15) is 4.79 Å². The first kappa shape index (κ1) is 20.6. The van der Waals surface area contributed by atoms with E-state index < -0.39 is 8.07 Å². The van der Waals surface area contributed by atoms with Crippen LogP contribution in [0.5, 0.6) is 0 Å². The predicted molar refractivity (Wildman–Crippen MR) is 120 cm³/mol. The standard InChI is InChI=1S/C23H26N4OSi/c1-17-22(20-11-14-24-15-12-20)26-27-23(17)25-21(28)10-9-18-5-7-19(8-6-18)13-16-29(2,3)4/h5-8,11-12,14-15H,9-10H2,1-4H3,(H2,25,26,27,28). The number of nitrogens with one attached hydrogen (secondary N) is 2. The minimum absolute atomic E-state index is 0.0523. The number of anilines is 1. The van der Waals surface area contributed by atoms with E-state index in [1.54, 1.807) is 12.4 Å². The number of H-pyrrole nitrogens is 1. The molecule has 0 unspecified atom stereocenters. The second-order valence-electron chi connectivity index (χ2n) is 8.05. The number of hydrogen-bond acceptors (Lipinski definition) is 3. The van der Waals surface area contributed by atoms with Crippen LogP contribution in [0.25, 0.3) is 11.3 Å². The van der Waals surface area contributed by atoms with Crippen LogP contribution in [0.1, 0.15) is 23.1 Å². The molecule has 2 N–H and O–H groups in total. The van der Waals surface area contributed by atoms with Gasteiger partial charge in [0.15, 0.2) is 5.82 Å². The summed E-state index contributed by atoms with van der Waals surface area (Å²) in [5, 5.41) is 10.1. The quantitative estimate of drug-likeness (QED) is 0.485. The van der Waals surface area contributed by atoms with E-state index in [4.69, 9.17) is 0 Å². The van der Waals surface area contributed by atoms with Gasteiger partial charge in [0.1, 0.15) is 8.07 Å². The van der Waals surface area contributed by atoms with Gasteiger partial charge in [-0.1, -0.05) is 37.7 Å². The molecule has 29 heavy (non-hydrogen) atoms. The Morgan fingerprint density at radius 3 is 2.45 bits per heavy atom. The second-order valence-corrected chi connectivity index (χ2v) is 12.8. The van der Waals surface area contributed by atoms with Gasteiger partial charge in [-0.15, -0.1) is 5.54 Å². The summed E-state index contributed by atoms with van der Waals surface area (Å²) < 4.78 is 0. The lowest BCUT2D eigenvalue weighted by Crippen LogP contribution is -2.16. The number of aryl methyl sites for hydroxylation is 1. The van der Waals surface area contributed by atoms with Gasteiger partial charge >= 0.3 is 0 Å². The fraction of sp³-hybridized carbons (Fsp3) is 0.261. The summed E-state index contributed by atoms with van der Waals surface area (Å²) in [6.45, 7) is 8.63. The molecule has 148 valence electrons. The molecule has 0 saturated carbocycles. The lowest BCUT2D eigenvalue weighted by atomic mass is 10.1. The SMILES string of the molecule is Cc1c(NC(=O)CCc2ccc(C#C[Si](C)(C)C)cc2)n[nH]c1-c1ccncc1. The van der Waals surface area contributed by atoms with E-state index in [0.717, 1.165) is 27.9 Å². The highest BCUT2D eigenvalue weighted by Gasteiger charge is 2.13. The molecule has 0 aliphatic carbocycles. The summed E-state index contributed by atoms with van der Waals surface area (Å²) in [7, 11) is -1.37. The molecule has 1 aromatic carbocycles. The maximum Gasteiger partial charge on any atom is 0.225 e. The molecule has 3 rings (SSSR count). The first-order chi connectivity index (χ1) is 13.8. The fourth-order valence-corrected chi connectivity index (χ4v) is 3.31. The molecule has 5 nitrogen and oxygen atoms in total. The zero-order valence-electron chi connectivity index (χ0n) is 17.3. The van der Waals surface area contributed by atoms with Crippen LogP contribution in [0.3, 0.4) is 0 Å². The number of nitrogens with zero attached hydrogens (tertiary/aromatic N) is 2. The first-order valence-electron chi connectivity index (χ1n) is 9.69. The molecule has 2 aromatic heterocycles. The average Bonchev–Trinajstić information content (AvgIpc) is 3.06. The van der Waals surface area contributed by atoms with Crippen LogP contribution in [0, 0.1) is 18.4 Å². The Labute approximate surface area is 173 Å². The van der Waals surface area contributed by atoms with Crippen molar-refractivity contribution in [3.05, 3.63) is 65.5 Å². The van der Waals surface area contributed by atoms with Gasteiger partial charge in [-0.2, -0.15) is 5.10 Å². The van der Waals surface area contributed by atoms with Crippen LogP contribution >= 0.6 is 0 Å². The zero-order chi connectivity index (χ0) is 20.9. The smallest absolute Gasteiger partial charge is 0.225 e. The predicted octanol–water partition coefficient (Wildman–Crippen LogP) is 4.58. The topological polar surface area (TPSA) is 70.7 Å². The molecule has 0 atom stereocenters. The Hall–Kier alpha value is -3.17. The van der Waals surface area contributed by atoms with Gasteiger partial charge in [0.25, 0.3) is 0 Å². The van der Waals surface area contributed by atoms with Crippen molar-refractivity contribution in [1.82, 2.24) is 15.2 Å². The molecule has 6 heteroatoms. The number of benzene rings is 1. The molecule has 0 bridgehead atoms. The lowest BCUT2D eigenvalue weighted by molar-refractivity contribution is -0.116. The number of pyridine rings is 1. The number of rotatable bonds is 5. The number of aromatic nitrogens is 3.